The fraction of sp³-hybridized carbons (Fsp3) is 0.357. The standard InChI is InChI=1S/C14H18N2O2S2/c1-11(15)10-18-14(17)16(8-12-4-2-6-19-12)9-13-5-3-7-20-13/h2-7,11H,8-10,15H2,1H3. The summed E-state index contributed by atoms with van der Waals surface area (Å²) in [6.07, 6.45) is -0.316. The van der Waals surface area contributed by atoms with Gasteiger partial charge in [0.15, 0.2) is 0 Å². The number of thiophene rings is 2. The smallest absolute Gasteiger partial charge is 0.410 e. The number of carbonyl (C=O) groups is 1. The van der Waals surface area contributed by atoms with Crippen LogP contribution in [0.3, 0.4) is 0 Å². The molecular formula is C14H18N2O2S2. The second-order valence-electron chi connectivity index (χ2n) is 4.57. The Labute approximate surface area is 126 Å². The normalized spacial score (nSPS) is 12.1. The first kappa shape index (κ1) is 15.0. The lowest BCUT2D eigenvalue weighted by atomic mass is 10.4. The third-order valence-electron chi connectivity index (χ3n) is 2.58. The molecule has 1 unspecified atom stereocenters. The van der Waals surface area contributed by atoms with Crippen molar-refractivity contribution in [1.29, 1.82) is 0 Å². The number of hydrogen-bond donors (Lipinski definition) is 1. The first-order chi connectivity index (χ1) is 9.65. The Bertz CT molecular complexity index is 473. The average Bonchev–Trinajstić information content (AvgIpc) is 3.08. The van der Waals surface area contributed by atoms with Crippen molar-refractivity contribution in [2.24, 2.45) is 5.73 Å². The lowest BCUT2D eigenvalue weighted by molar-refractivity contribution is 0.0939. The van der Waals surface area contributed by atoms with E-state index in [-0.39, 0.29) is 18.7 Å². The molecule has 0 spiro atoms. The molecule has 20 heavy (non-hydrogen) atoms. The fourth-order valence-electron chi connectivity index (χ4n) is 1.66. The van der Waals surface area contributed by atoms with E-state index < -0.39 is 0 Å². The highest BCUT2D eigenvalue weighted by Crippen LogP contribution is 2.17. The monoisotopic (exact) mass is 310 g/mol. The van der Waals surface area contributed by atoms with Crippen molar-refractivity contribution in [3.05, 3.63) is 44.8 Å². The predicted octanol–water partition coefficient (Wildman–Crippen LogP) is 3.30. The van der Waals surface area contributed by atoms with Crippen LogP contribution in [-0.4, -0.2) is 23.6 Å². The summed E-state index contributed by atoms with van der Waals surface area (Å²) in [6.45, 7) is 3.18. The van der Waals surface area contributed by atoms with Crippen LogP contribution in [0.15, 0.2) is 35.0 Å². The summed E-state index contributed by atoms with van der Waals surface area (Å²) >= 11 is 3.27. The van der Waals surface area contributed by atoms with Crippen molar-refractivity contribution in [1.82, 2.24) is 4.90 Å². The first-order valence-electron chi connectivity index (χ1n) is 6.37. The number of ether oxygens (including phenoxy) is 1. The molecule has 4 nitrogen and oxygen atoms in total. The zero-order chi connectivity index (χ0) is 14.4. The summed E-state index contributed by atoms with van der Waals surface area (Å²) in [5.74, 6) is 0. The van der Waals surface area contributed by atoms with Gasteiger partial charge < -0.3 is 10.5 Å². The van der Waals surface area contributed by atoms with Gasteiger partial charge in [-0.05, 0) is 29.8 Å². The van der Waals surface area contributed by atoms with Gasteiger partial charge in [0.1, 0.15) is 6.61 Å². The summed E-state index contributed by atoms with van der Waals surface area (Å²) in [5.41, 5.74) is 5.62. The van der Waals surface area contributed by atoms with Crippen LogP contribution in [0.2, 0.25) is 0 Å². The summed E-state index contributed by atoms with van der Waals surface area (Å²) in [4.78, 5) is 16.1. The van der Waals surface area contributed by atoms with E-state index in [0.29, 0.717) is 13.1 Å². The Balaban J connectivity index is 2.00. The van der Waals surface area contributed by atoms with Gasteiger partial charge in [-0.15, -0.1) is 22.7 Å². The van der Waals surface area contributed by atoms with Gasteiger partial charge in [-0.3, -0.25) is 4.90 Å². The predicted molar refractivity (Wildman–Crippen MR) is 82.9 cm³/mol. The summed E-state index contributed by atoms with van der Waals surface area (Å²) < 4.78 is 5.23. The van der Waals surface area contributed by atoms with Crippen LogP contribution in [-0.2, 0) is 17.8 Å². The molecule has 2 heterocycles. The van der Waals surface area contributed by atoms with Crippen molar-refractivity contribution in [3.63, 3.8) is 0 Å². The summed E-state index contributed by atoms with van der Waals surface area (Å²) in [5, 5.41) is 4.01. The highest BCUT2D eigenvalue weighted by molar-refractivity contribution is 7.10. The minimum Gasteiger partial charge on any atom is -0.448 e. The van der Waals surface area contributed by atoms with Gasteiger partial charge in [-0.2, -0.15) is 0 Å². The molecule has 108 valence electrons. The minimum absolute atomic E-state index is 0.149. The van der Waals surface area contributed by atoms with E-state index in [2.05, 4.69) is 0 Å². The molecule has 1 amide bonds. The maximum Gasteiger partial charge on any atom is 0.410 e. The number of hydrogen-bond acceptors (Lipinski definition) is 5. The molecule has 0 radical (unpaired) electrons. The Morgan fingerprint density at radius 3 is 2.20 bits per heavy atom. The van der Waals surface area contributed by atoms with E-state index in [1.807, 2.05) is 41.9 Å². The number of rotatable bonds is 6. The van der Waals surface area contributed by atoms with Crippen LogP contribution >= 0.6 is 22.7 Å². The SMILES string of the molecule is CC(N)COC(=O)N(Cc1cccs1)Cc1cccs1. The molecule has 2 rings (SSSR count). The zero-order valence-electron chi connectivity index (χ0n) is 11.3. The average molecular weight is 310 g/mol. The van der Waals surface area contributed by atoms with Crippen molar-refractivity contribution in [2.45, 2.75) is 26.1 Å². The molecule has 0 bridgehead atoms. The molecule has 6 heteroatoms. The van der Waals surface area contributed by atoms with Gasteiger partial charge in [0.25, 0.3) is 0 Å². The van der Waals surface area contributed by atoms with Crippen LogP contribution in [0.4, 0.5) is 4.79 Å². The first-order valence-corrected chi connectivity index (χ1v) is 8.13. The lowest BCUT2D eigenvalue weighted by Gasteiger charge is -2.21. The molecular weight excluding hydrogens is 292 g/mol. The highest BCUT2D eigenvalue weighted by atomic mass is 32.1. The third kappa shape index (κ3) is 4.63. The van der Waals surface area contributed by atoms with Gasteiger partial charge in [0, 0.05) is 15.8 Å². The van der Waals surface area contributed by atoms with Gasteiger partial charge in [0.2, 0.25) is 0 Å². The lowest BCUT2D eigenvalue weighted by Crippen LogP contribution is -2.33. The van der Waals surface area contributed by atoms with Crippen molar-refractivity contribution < 1.29 is 9.53 Å². The van der Waals surface area contributed by atoms with Crippen LogP contribution < -0.4 is 5.73 Å². The van der Waals surface area contributed by atoms with Crippen molar-refractivity contribution in [3.8, 4) is 0 Å². The number of amides is 1. The second-order valence-corrected chi connectivity index (χ2v) is 6.63. The molecule has 0 saturated heterocycles. The van der Waals surface area contributed by atoms with Crippen LogP contribution in [0.5, 0.6) is 0 Å². The van der Waals surface area contributed by atoms with Crippen molar-refractivity contribution >= 4 is 28.8 Å². The molecule has 0 aromatic carbocycles. The Morgan fingerprint density at radius 2 is 1.80 bits per heavy atom. The topological polar surface area (TPSA) is 55.6 Å². The van der Waals surface area contributed by atoms with E-state index >= 15 is 0 Å². The van der Waals surface area contributed by atoms with E-state index in [4.69, 9.17) is 10.5 Å². The third-order valence-corrected chi connectivity index (χ3v) is 4.30. The molecule has 0 aliphatic carbocycles. The van der Waals surface area contributed by atoms with Crippen molar-refractivity contribution in [2.75, 3.05) is 6.61 Å². The molecule has 0 saturated carbocycles. The van der Waals surface area contributed by atoms with Crippen LogP contribution in [0, 0.1) is 0 Å². The maximum absolute atomic E-state index is 12.2. The number of nitrogens with zero attached hydrogens (tertiary/aromatic N) is 1. The van der Waals surface area contributed by atoms with Gasteiger partial charge in [-0.25, -0.2) is 4.79 Å². The molecule has 0 aliphatic heterocycles. The highest BCUT2D eigenvalue weighted by Gasteiger charge is 2.17. The van der Waals surface area contributed by atoms with Gasteiger partial charge in [0.05, 0.1) is 13.1 Å². The maximum atomic E-state index is 12.2. The fourth-order valence-corrected chi connectivity index (χ4v) is 3.10. The van der Waals surface area contributed by atoms with Gasteiger partial charge in [-0.1, -0.05) is 12.1 Å². The summed E-state index contributed by atoms with van der Waals surface area (Å²) in [7, 11) is 0. The van der Waals surface area contributed by atoms with Gasteiger partial charge >= 0.3 is 6.09 Å². The Morgan fingerprint density at radius 1 is 1.25 bits per heavy atom. The molecule has 2 N–H and O–H groups in total. The molecule has 0 fully saturated rings. The molecule has 0 aliphatic rings. The number of nitrogens with two attached hydrogens (primary N) is 1. The van der Waals surface area contributed by atoms with E-state index in [1.165, 1.54) is 0 Å². The Kier molecular flexibility index (Phi) is 5.58. The Hall–Kier alpha value is -1.37. The summed E-state index contributed by atoms with van der Waals surface area (Å²) in [6, 6.07) is 7.85. The molecule has 2 aromatic rings. The second kappa shape index (κ2) is 7.42. The largest absolute Gasteiger partial charge is 0.448 e. The zero-order valence-corrected chi connectivity index (χ0v) is 13.0. The van der Waals surface area contributed by atoms with Crippen LogP contribution in [0.1, 0.15) is 16.7 Å². The number of carbonyl (C=O) groups excluding carboxylic acids is 1. The molecule has 1 atom stereocenters. The van der Waals surface area contributed by atoms with Crippen LogP contribution in [0.25, 0.3) is 0 Å². The molecule has 2 aromatic heterocycles. The van der Waals surface area contributed by atoms with E-state index in [9.17, 15) is 4.79 Å². The van der Waals surface area contributed by atoms with E-state index in [0.717, 1.165) is 9.75 Å². The van der Waals surface area contributed by atoms with E-state index in [1.54, 1.807) is 27.6 Å². The quantitative estimate of drug-likeness (QED) is 0.890. The minimum atomic E-state index is -0.316.